The summed E-state index contributed by atoms with van der Waals surface area (Å²) in [5.41, 5.74) is 5.26. The highest BCUT2D eigenvalue weighted by atomic mass is 15.1. The maximum absolute atomic E-state index is 4.11. The van der Waals surface area contributed by atoms with Crippen LogP contribution in [0.4, 0.5) is 5.69 Å². The van der Waals surface area contributed by atoms with Gasteiger partial charge in [-0.3, -0.25) is 0 Å². The summed E-state index contributed by atoms with van der Waals surface area (Å²) in [6, 6.07) is 18.3. The predicted molar refractivity (Wildman–Crippen MR) is 110 cm³/mol. The van der Waals surface area contributed by atoms with E-state index in [2.05, 4.69) is 70.7 Å². The van der Waals surface area contributed by atoms with Gasteiger partial charge >= 0.3 is 0 Å². The summed E-state index contributed by atoms with van der Waals surface area (Å²) in [5.74, 6) is 0. The normalized spacial score (nSPS) is 15.7. The Morgan fingerprint density at radius 2 is 1.63 bits per heavy atom. The third kappa shape index (κ3) is 4.40. The van der Waals surface area contributed by atoms with Crippen LogP contribution in [0.3, 0.4) is 0 Å². The molecule has 2 N–H and O–H groups in total. The van der Waals surface area contributed by atoms with Crippen molar-refractivity contribution in [2.24, 2.45) is 0 Å². The van der Waals surface area contributed by atoms with E-state index in [4.69, 9.17) is 0 Å². The van der Waals surface area contributed by atoms with Crippen LogP contribution in [-0.4, -0.2) is 22.6 Å². The van der Waals surface area contributed by atoms with Crippen molar-refractivity contribution in [3.05, 3.63) is 78.4 Å². The average molecular weight is 362 g/mol. The van der Waals surface area contributed by atoms with Gasteiger partial charge in [-0.05, 0) is 50.5 Å². The van der Waals surface area contributed by atoms with Crippen molar-refractivity contribution >= 4 is 5.69 Å². The van der Waals surface area contributed by atoms with Crippen molar-refractivity contribution in [1.29, 1.82) is 0 Å². The van der Waals surface area contributed by atoms with Crippen LogP contribution >= 0.6 is 0 Å². The molecule has 4 heteroatoms. The monoisotopic (exact) mass is 361 g/mol. The molecular formula is C23H29N4+. The molecule has 140 valence electrons. The molecule has 1 saturated heterocycles. The van der Waals surface area contributed by atoms with Gasteiger partial charge in [-0.15, -0.1) is 0 Å². The van der Waals surface area contributed by atoms with E-state index in [1.807, 2.05) is 17.1 Å². The number of rotatable bonds is 6. The molecule has 27 heavy (non-hydrogen) atoms. The first-order valence-electron chi connectivity index (χ1n) is 10.0. The Kier molecular flexibility index (Phi) is 5.54. The summed E-state index contributed by atoms with van der Waals surface area (Å²) in [5, 5.41) is 2.40. The fourth-order valence-electron chi connectivity index (χ4n) is 3.81. The smallest absolute Gasteiger partial charge is 0.109 e. The summed E-state index contributed by atoms with van der Waals surface area (Å²) in [4.78, 5) is 6.62. The van der Waals surface area contributed by atoms with Crippen molar-refractivity contribution in [3.63, 3.8) is 0 Å². The topological polar surface area (TPSA) is 37.7 Å². The van der Waals surface area contributed by atoms with E-state index in [0.717, 1.165) is 12.2 Å². The van der Waals surface area contributed by atoms with E-state index in [1.54, 1.807) is 6.20 Å². The zero-order valence-electron chi connectivity index (χ0n) is 16.1. The van der Waals surface area contributed by atoms with Crippen LogP contribution in [0.25, 0.3) is 5.69 Å². The van der Waals surface area contributed by atoms with Gasteiger partial charge in [-0.25, -0.2) is 4.98 Å². The number of piperidine rings is 1. The second-order valence-electron chi connectivity index (χ2n) is 7.50. The van der Waals surface area contributed by atoms with Crippen molar-refractivity contribution < 1.29 is 5.32 Å². The van der Waals surface area contributed by atoms with E-state index >= 15 is 0 Å². The van der Waals surface area contributed by atoms with Gasteiger partial charge in [0.1, 0.15) is 12.6 Å². The molecule has 1 aliphatic rings. The van der Waals surface area contributed by atoms with E-state index in [1.165, 1.54) is 49.2 Å². The first-order valence-corrected chi connectivity index (χ1v) is 10.0. The lowest BCUT2D eigenvalue weighted by Gasteiger charge is -2.28. The van der Waals surface area contributed by atoms with E-state index in [0.29, 0.717) is 6.04 Å². The highest BCUT2D eigenvalue weighted by Gasteiger charge is 2.12. The highest BCUT2D eigenvalue weighted by Crippen LogP contribution is 2.20. The van der Waals surface area contributed by atoms with Gasteiger partial charge in [0, 0.05) is 48.0 Å². The van der Waals surface area contributed by atoms with Crippen LogP contribution in [0.15, 0.2) is 67.3 Å². The fraction of sp³-hybridized carbons (Fsp3) is 0.348. The fourth-order valence-corrected chi connectivity index (χ4v) is 3.81. The van der Waals surface area contributed by atoms with Crippen LogP contribution in [0.5, 0.6) is 0 Å². The van der Waals surface area contributed by atoms with Crippen molar-refractivity contribution in [2.75, 3.05) is 18.0 Å². The first-order chi connectivity index (χ1) is 13.3. The van der Waals surface area contributed by atoms with Gasteiger partial charge < -0.3 is 14.8 Å². The molecule has 0 amide bonds. The molecule has 1 aliphatic heterocycles. The number of quaternary nitrogens is 1. The van der Waals surface area contributed by atoms with E-state index in [9.17, 15) is 0 Å². The average Bonchev–Trinajstić information content (AvgIpc) is 3.28. The standard InChI is InChI=1S/C23H28N4/c1-19(21-7-11-23(12-8-21)27-16-13-24-18-27)25-17-20-5-9-22(10-6-20)26-14-3-2-4-15-26/h5-13,16,18-19,25H,2-4,14-15,17H2,1H3/p+1/t19-/m1/s1. The number of hydrogen-bond acceptors (Lipinski definition) is 2. The molecule has 1 atom stereocenters. The predicted octanol–water partition coefficient (Wildman–Crippen LogP) is 3.69. The van der Waals surface area contributed by atoms with Gasteiger partial charge in [0.15, 0.2) is 0 Å². The zero-order chi connectivity index (χ0) is 18.5. The van der Waals surface area contributed by atoms with Crippen LogP contribution in [0, 0.1) is 0 Å². The molecule has 1 aromatic heterocycles. The summed E-state index contributed by atoms with van der Waals surface area (Å²) in [6.07, 6.45) is 9.64. The molecule has 0 bridgehead atoms. The minimum Gasteiger partial charge on any atom is -0.372 e. The van der Waals surface area contributed by atoms with Crippen LogP contribution < -0.4 is 10.2 Å². The Balaban J connectivity index is 1.32. The molecule has 0 unspecified atom stereocenters. The third-order valence-electron chi connectivity index (χ3n) is 5.59. The van der Waals surface area contributed by atoms with Gasteiger partial charge in [0.25, 0.3) is 0 Å². The van der Waals surface area contributed by atoms with E-state index in [-0.39, 0.29) is 0 Å². The maximum Gasteiger partial charge on any atom is 0.109 e. The maximum atomic E-state index is 4.11. The largest absolute Gasteiger partial charge is 0.372 e. The summed E-state index contributed by atoms with van der Waals surface area (Å²) in [6.45, 7) is 5.69. The lowest BCUT2D eigenvalue weighted by Crippen LogP contribution is -2.83. The third-order valence-corrected chi connectivity index (χ3v) is 5.59. The summed E-state index contributed by atoms with van der Waals surface area (Å²) < 4.78 is 2.03. The molecular weight excluding hydrogens is 332 g/mol. The van der Waals surface area contributed by atoms with Crippen LogP contribution in [0.2, 0.25) is 0 Å². The van der Waals surface area contributed by atoms with Gasteiger partial charge in [0.2, 0.25) is 0 Å². The molecule has 0 spiro atoms. The second kappa shape index (κ2) is 8.40. The molecule has 0 saturated carbocycles. The number of nitrogens with zero attached hydrogens (tertiary/aromatic N) is 3. The minimum atomic E-state index is 0.434. The molecule has 4 nitrogen and oxygen atoms in total. The Labute approximate surface area is 161 Å². The number of imidazole rings is 1. The summed E-state index contributed by atoms with van der Waals surface area (Å²) >= 11 is 0. The van der Waals surface area contributed by atoms with Crippen LogP contribution in [0.1, 0.15) is 43.4 Å². The molecule has 0 radical (unpaired) electrons. The highest BCUT2D eigenvalue weighted by molar-refractivity contribution is 5.47. The van der Waals surface area contributed by atoms with Crippen LogP contribution in [-0.2, 0) is 6.54 Å². The van der Waals surface area contributed by atoms with E-state index < -0.39 is 0 Å². The molecule has 2 heterocycles. The SMILES string of the molecule is C[C@@H]([NH2+]Cc1ccc(N2CCCCC2)cc1)c1ccc(-n2ccnc2)cc1. The minimum absolute atomic E-state index is 0.434. The van der Waals surface area contributed by atoms with Crippen molar-refractivity contribution in [2.45, 2.75) is 38.8 Å². The Bertz CT molecular complexity index is 816. The number of nitrogens with two attached hydrogens (primary N) is 1. The Morgan fingerprint density at radius 1 is 0.926 bits per heavy atom. The number of hydrogen-bond donors (Lipinski definition) is 1. The van der Waals surface area contributed by atoms with Crippen molar-refractivity contribution in [3.8, 4) is 5.69 Å². The Morgan fingerprint density at radius 3 is 2.30 bits per heavy atom. The number of aromatic nitrogens is 2. The Hall–Kier alpha value is -2.59. The molecule has 4 rings (SSSR count). The molecule has 3 aromatic rings. The second-order valence-corrected chi connectivity index (χ2v) is 7.50. The van der Waals surface area contributed by atoms with Gasteiger partial charge in [-0.1, -0.05) is 24.3 Å². The lowest BCUT2D eigenvalue weighted by molar-refractivity contribution is -0.707. The lowest BCUT2D eigenvalue weighted by atomic mass is 10.1. The van der Waals surface area contributed by atoms with Gasteiger partial charge in [-0.2, -0.15) is 0 Å². The quantitative estimate of drug-likeness (QED) is 0.727. The number of anilines is 1. The first kappa shape index (κ1) is 17.8. The molecule has 0 aliphatic carbocycles. The zero-order valence-corrected chi connectivity index (χ0v) is 16.1. The molecule has 1 fully saturated rings. The summed E-state index contributed by atoms with van der Waals surface area (Å²) in [7, 11) is 0. The molecule has 2 aromatic carbocycles. The number of benzene rings is 2. The van der Waals surface area contributed by atoms with Gasteiger partial charge in [0.05, 0.1) is 6.33 Å². The van der Waals surface area contributed by atoms with Crippen molar-refractivity contribution in [1.82, 2.24) is 9.55 Å².